The first kappa shape index (κ1) is 51.7. The summed E-state index contributed by atoms with van der Waals surface area (Å²) in [5, 5.41) is 29.1. The molecule has 2 aliphatic rings. The number of aromatic nitrogens is 9. The van der Waals surface area contributed by atoms with Gasteiger partial charge in [0.05, 0.1) is 63.9 Å². The minimum Gasteiger partial charge on any atom is -1.00 e. The van der Waals surface area contributed by atoms with Crippen molar-refractivity contribution in [3.8, 4) is 12.3 Å². The predicted molar refractivity (Wildman–Crippen MR) is 231 cm³/mol. The zero-order valence-electron chi connectivity index (χ0n) is 36.9. The van der Waals surface area contributed by atoms with E-state index in [1.54, 1.807) is 26.7 Å². The molecular formula is C39H64ClN18O7+. The second-order valence-electron chi connectivity index (χ2n) is 15.2. The lowest BCUT2D eigenvalue weighted by molar-refractivity contribution is -0.459. The Hall–Kier alpha value is -5.94. The third kappa shape index (κ3) is 17.5. The quantitative estimate of drug-likeness (QED) is 0.0170. The van der Waals surface area contributed by atoms with Crippen LogP contribution in [0.25, 0.3) is 0 Å². The molecule has 3 aromatic rings. The number of piperazine rings is 2. The van der Waals surface area contributed by atoms with Gasteiger partial charge in [0.1, 0.15) is 19.2 Å². The van der Waals surface area contributed by atoms with Gasteiger partial charge in [-0.25, -0.2) is 9.36 Å². The summed E-state index contributed by atoms with van der Waals surface area (Å²) >= 11 is 0. The number of carbonyl (C=O) groups excluding carboxylic acids is 2. The number of aliphatic carboxylic acids is 1. The van der Waals surface area contributed by atoms with Crippen molar-refractivity contribution in [1.82, 2.24) is 54.7 Å². The van der Waals surface area contributed by atoms with Gasteiger partial charge in [-0.05, 0) is 32.1 Å². The Morgan fingerprint density at radius 1 is 0.831 bits per heavy atom. The highest BCUT2D eigenvalue weighted by atomic mass is 35.5. The molecule has 0 radical (unpaired) electrons. The average Bonchev–Trinajstić information content (AvgIpc) is 3.97. The number of anilines is 3. The van der Waals surface area contributed by atoms with Gasteiger partial charge in [0.2, 0.25) is 29.7 Å². The number of aryl methyl sites for hydroxylation is 2. The van der Waals surface area contributed by atoms with Crippen LogP contribution in [0.1, 0.15) is 49.5 Å². The zero-order chi connectivity index (χ0) is 45.5. The SMILES string of the molecule is C#CCOCCOCCOCCNc1nc(N2CCN(C(=O)Cn3cc(CCC[NH+]=C(N)N)nn3)CC2)nc(N2CCN(C(=O)C(CCCC[NH3+])n3cc(CCC(=O)O)nn3)CC2)n1.[Cl-]. The molecule has 25 nitrogen and oxygen atoms in total. The molecule has 3 aromatic heterocycles. The van der Waals surface area contributed by atoms with Crippen molar-refractivity contribution >= 4 is 41.6 Å². The van der Waals surface area contributed by atoms with Gasteiger partial charge in [0, 0.05) is 77.7 Å². The highest BCUT2D eigenvalue weighted by molar-refractivity contribution is 5.80. The molecule has 0 aliphatic carbocycles. The molecule has 5 heterocycles. The van der Waals surface area contributed by atoms with Crippen molar-refractivity contribution in [3.63, 3.8) is 0 Å². The maximum atomic E-state index is 14.0. The molecule has 1 atom stereocenters. The first-order valence-electron chi connectivity index (χ1n) is 21.8. The van der Waals surface area contributed by atoms with Crippen LogP contribution in [-0.2, 0) is 48.0 Å². The molecule has 2 fully saturated rings. The Morgan fingerprint density at radius 2 is 1.46 bits per heavy atom. The topological polar surface area (TPSA) is 318 Å². The van der Waals surface area contributed by atoms with Crippen LogP contribution < -0.4 is 49.7 Å². The number of unbranched alkanes of at least 4 members (excludes halogenated alkanes) is 1. The highest BCUT2D eigenvalue weighted by Gasteiger charge is 2.31. The van der Waals surface area contributed by atoms with Gasteiger partial charge in [-0.3, -0.25) is 30.8 Å². The van der Waals surface area contributed by atoms with Gasteiger partial charge in [-0.15, -0.1) is 16.6 Å². The molecule has 65 heavy (non-hydrogen) atoms. The Bertz CT molecular complexity index is 1980. The van der Waals surface area contributed by atoms with Crippen LogP contribution in [0.2, 0.25) is 0 Å². The van der Waals surface area contributed by atoms with Crippen LogP contribution >= 0.6 is 0 Å². The monoisotopic (exact) mass is 931 g/mol. The van der Waals surface area contributed by atoms with Crippen LogP contribution in [0.3, 0.4) is 0 Å². The Balaban J connectivity index is 0.00000925. The third-order valence-electron chi connectivity index (χ3n) is 10.4. The summed E-state index contributed by atoms with van der Waals surface area (Å²) in [6.07, 6.45) is 12.4. The van der Waals surface area contributed by atoms with Crippen molar-refractivity contribution < 1.29 is 56.8 Å². The number of quaternary nitrogens is 1. The molecule has 2 amide bonds. The van der Waals surface area contributed by atoms with E-state index in [1.165, 1.54) is 0 Å². The Labute approximate surface area is 384 Å². The zero-order valence-corrected chi connectivity index (χ0v) is 37.7. The van der Waals surface area contributed by atoms with E-state index >= 15 is 0 Å². The van der Waals surface area contributed by atoms with Crippen molar-refractivity contribution in [2.75, 3.05) is 127 Å². The molecule has 2 aliphatic heterocycles. The molecule has 5 rings (SSSR count). The van der Waals surface area contributed by atoms with Crippen molar-refractivity contribution in [1.29, 1.82) is 0 Å². The summed E-state index contributed by atoms with van der Waals surface area (Å²) in [7, 11) is 0. The summed E-state index contributed by atoms with van der Waals surface area (Å²) in [6.45, 7) is 7.87. The van der Waals surface area contributed by atoms with Crippen LogP contribution in [0.5, 0.6) is 0 Å². The molecule has 358 valence electrons. The number of carbonyl (C=O) groups is 3. The maximum absolute atomic E-state index is 14.0. The van der Waals surface area contributed by atoms with Crippen LogP contribution in [-0.4, -0.2) is 195 Å². The number of nitrogens with one attached hydrogen (secondary N) is 2. The number of amides is 2. The number of carboxylic acid groups (broad SMARTS) is 1. The number of carboxylic acids is 1. The largest absolute Gasteiger partial charge is 1.00 e. The van der Waals surface area contributed by atoms with Gasteiger partial charge in [0.25, 0.3) is 0 Å². The number of hydrogen-bond donors (Lipinski definition) is 6. The molecule has 0 spiro atoms. The highest BCUT2D eigenvalue weighted by Crippen LogP contribution is 2.23. The molecule has 2 saturated heterocycles. The fourth-order valence-corrected chi connectivity index (χ4v) is 6.98. The van der Waals surface area contributed by atoms with E-state index < -0.39 is 12.0 Å². The van der Waals surface area contributed by atoms with Gasteiger partial charge in [0.15, 0.2) is 0 Å². The minimum atomic E-state index is -0.922. The lowest BCUT2D eigenvalue weighted by Gasteiger charge is -2.37. The lowest BCUT2D eigenvalue weighted by Crippen LogP contribution is -3.00. The molecule has 1 unspecified atom stereocenters. The van der Waals surface area contributed by atoms with Crippen LogP contribution in [0, 0.1) is 12.3 Å². The van der Waals surface area contributed by atoms with E-state index in [4.69, 9.17) is 52.2 Å². The Morgan fingerprint density at radius 3 is 2.11 bits per heavy atom. The normalized spacial score (nSPS) is 14.4. The number of hydrogen-bond acceptors (Lipinski definition) is 16. The van der Waals surface area contributed by atoms with Gasteiger partial charge in [-0.1, -0.05) is 16.3 Å². The summed E-state index contributed by atoms with van der Waals surface area (Å²) in [6, 6.07) is -0.571. The number of ether oxygens (including phenoxy) is 3. The summed E-state index contributed by atoms with van der Waals surface area (Å²) in [4.78, 5) is 63.5. The summed E-state index contributed by atoms with van der Waals surface area (Å²) in [5.41, 5.74) is 16.1. The van der Waals surface area contributed by atoms with E-state index in [2.05, 4.69) is 42.6 Å². The first-order chi connectivity index (χ1) is 31.1. The van der Waals surface area contributed by atoms with E-state index in [0.29, 0.717) is 135 Å². The number of rotatable bonds is 28. The van der Waals surface area contributed by atoms with Crippen molar-refractivity contribution in [3.05, 3.63) is 23.8 Å². The van der Waals surface area contributed by atoms with E-state index in [0.717, 1.165) is 31.5 Å². The number of nitrogens with zero attached hydrogens (tertiary/aromatic N) is 13. The minimum absolute atomic E-state index is 0. The standard InChI is InChI=1S/C39H62N18O7.ClH/c1-2-21-62-23-25-64-26-24-63-22-12-44-37-45-38(54-17-13-52(14-18-54)33(58)29-56-27-30(48-50-56)6-5-11-43-36(41)42)47-39(46-37)55-19-15-53(16-20-55)35(61)32(7-3-4-10-40)57-28-31(49-51-57)8-9-34(59)60;/h1,27-28,32H,3-26,29,40H2,(H,59,60)(H4,41,42,43)(H,44,45,46,47);1H/p+1. The summed E-state index contributed by atoms with van der Waals surface area (Å²) < 4.78 is 19.6. The smallest absolute Gasteiger partial charge is 0.338 e. The molecule has 26 heteroatoms. The van der Waals surface area contributed by atoms with E-state index in [-0.39, 0.29) is 56.2 Å². The van der Waals surface area contributed by atoms with Crippen LogP contribution in [0.4, 0.5) is 17.8 Å². The molecule has 10 N–H and O–H groups in total. The van der Waals surface area contributed by atoms with Gasteiger partial charge in [-0.2, -0.15) is 15.0 Å². The fraction of sp³-hybridized carbons (Fsp3) is 0.667. The van der Waals surface area contributed by atoms with Crippen LogP contribution in [0.15, 0.2) is 12.4 Å². The van der Waals surface area contributed by atoms with Crippen molar-refractivity contribution in [2.45, 2.75) is 57.5 Å². The molecule has 0 bridgehead atoms. The molecule has 0 saturated carbocycles. The summed E-state index contributed by atoms with van der Waals surface area (Å²) in [5.74, 6) is 2.84. The second-order valence-corrected chi connectivity index (χ2v) is 15.2. The number of nitrogens with two attached hydrogens (primary N) is 2. The lowest BCUT2D eigenvalue weighted by atomic mass is 10.1. The fourth-order valence-electron chi connectivity index (χ4n) is 6.98. The Kier molecular flexibility index (Phi) is 22.3. The van der Waals surface area contributed by atoms with Gasteiger partial charge >= 0.3 is 11.9 Å². The third-order valence-corrected chi connectivity index (χ3v) is 10.4. The van der Waals surface area contributed by atoms with E-state index in [1.807, 2.05) is 14.7 Å². The average molecular weight is 933 g/mol. The van der Waals surface area contributed by atoms with E-state index in [9.17, 15) is 14.4 Å². The number of terminal acetylenes is 1. The second kappa shape index (κ2) is 28.1. The first-order valence-corrected chi connectivity index (χ1v) is 21.8. The predicted octanol–water partition coefficient (Wildman–Crippen LogP) is -7.89. The number of halogens is 1. The van der Waals surface area contributed by atoms with Crippen molar-refractivity contribution in [2.24, 2.45) is 11.5 Å². The molecule has 0 aromatic carbocycles. The van der Waals surface area contributed by atoms with Gasteiger partial charge < -0.3 is 62.4 Å². The number of guanidine groups is 1. The molecular weight excluding hydrogens is 868 g/mol. The maximum Gasteiger partial charge on any atom is 0.338 e.